The van der Waals surface area contributed by atoms with Crippen LogP contribution < -0.4 is 11.5 Å². The largest absolute Gasteiger partial charge is 0.398 e. The lowest BCUT2D eigenvalue weighted by molar-refractivity contribution is 0.585. The lowest BCUT2D eigenvalue weighted by Crippen LogP contribution is -2.13. The molecule has 1 atom stereocenters. The zero-order valence-electron chi connectivity index (χ0n) is 7.33. The van der Waals surface area contributed by atoms with Crippen LogP contribution in [-0.2, 0) is 0 Å². The third kappa shape index (κ3) is 2.06. The summed E-state index contributed by atoms with van der Waals surface area (Å²) < 4.78 is 13.2. The van der Waals surface area contributed by atoms with Gasteiger partial charge in [0.25, 0.3) is 0 Å². The minimum Gasteiger partial charge on any atom is -0.398 e. The summed E-state index contributed by atoms with van der Waals surface area (Å²) in [4.78, 5) is 0. The molecule has 0 fully saturated rings. The maximum absolute atomic E-state index is 13.2. The Kier molecular flexibility index (Phi) is 3.03. The van der Waals surface area contributed by atoms with Crippen molar-refractivity contribution in [2.75, 3.05) is 5.73 Å². The van der Waals surface area contributed by atoms with E-state index in [0.717, 1.165) is 0 Å². The van der Waals surface area contributed by atoms with Crippen molar-refractivity contribution < 1.29 is 4.39 Å². The molecule has 70 valence electrons. The van der Waals surface area contributed by atoms with E-state index >= 15 is 0 Å². The van der Waals surface area contributed by atoms with Crippen LogP contribution in [0.4, 0.5) is 10.1 Å². The highest BCUT2D eigenvalue weighted by Crippen LogP contribution is 2.24. The van der Waals surface area contributed by atoms with Gasteiger partial charge in [0, 0.05) is 17.3 Å². The second-order valence-electron chi connectivity index (χ2n) is 2.87. The predicted octanol–water partition coefficient (Wildman–Crippen LogP) is 1.98. The molecular formula is C10H13FN2. The summed E-state index contributed by atoms with van der Waals surface area (Å²) in [7, 11) is 0. The number of halogens is 1. The SMILES string of the molecule is C=CCC(N)c1c(N)cccc1F. The first-order chi connectivity index (χ1) is 6.16. The van der Waals surface area contributed by atoms with Gasteiger partial charge in [-0.1, -0.05) is 12.1 Å². The molecule has 1 rings (SSSR count). The molecule has 4 N–H and O–H groups in total. The Balaban J connectivity index is 3.04. The Morgan fingerprint density at radius 1 is 1.54 bits per heavy atom. The molecule has 0 bridgehead atoms. The summed E-state index contributed by atoms with van der Waals surface area (Å²) in [6, 6.07) is 4.16. The first-order valence-electron chi connectivity index (χ1n) is 4.07. The quantitative estimate of drug-likeness (QED) is 0.552. The maximum atomic E-state index is 13.2. The van der Waals surface area contributed by atoms with Gasteiger partial charge in [-0.05, 0) is 18.6 Å². The molecule has 0 amide bonds. The average Bonchev–Trinajstić information content (AvgIpc) is 2.04. The topological polar surface area (TPSA) is 52.0 Å². The lowest BCUT2D eigenvalue weighted by atomic mass is 10.0. The highest BCUT2D eigenvalue weighted by molar-refractivity contribution is 5.49. The monoisotopic (exact) mass is 180 g/mol. The first-order valence-corrected chi connectivity index (χ1v) is 4.07. The van der Waals surface area contributed by atoms with Crippen molar-refractivity contribution in [2.24, 2.45) is 5.73 Å². The van der Waals surface area contributed by atoms with E-state index in [1.807, 2.05) is 0 Å². The zero-order valence-corrected chi connectivity index (χ0v) is 7.33. The maximum Gasteiger partial charge on any atom is 0.130 e. The Labute approximate surface area is 77.0 Å². The lowest BCUT2D eigenvalue weighted by Gasteiger charge is -2.12. The van der Waals surface area contributed by atoms with Crippen LogP contribution in [0, 0.1) is 5.82 Å². The minimum atomic E-state index is -0.404. The Hall–Kier alpha value is -1.35. The van der Waals surface area contributed by atoms with E-state index in [1.54, 1.807) is 18.2 Å². The minimum absolute atomic E-state index is 0.352. The van der Waals surface area contributed by atoms with Crippen LogP contribution in [0.5, 0.6) is 0 Å². The van der Waals surface area contributed by atoms with Crippen LogP contribution in [0.1, 0.15) is 18.0 Å². The molecule has 0 aliphatic carbocycles. The predicted molar refractivity (Wildman–Crippen MR) is 52.6 cm³/mol. The summed E-state index contributed by atoms with van der Waals surface area (Å²) in [6.07, 6.45) is 2.17. The smallest absolute Gasteiger partial charge is 0.130 e. The summed E-state index contributed by atoms with van der Waals surface area (Å²) in [6.45, 7) is 3.54. The van der Waals surface area contributed by atoms with Crippen molar-refractivity contribution in [1.29, 1.82) is 0 Å². The van der Waals surface area contributed by atoms with Crippen molar-refractivity contribution >= 4 is 5.69 Å². The van der Waals surface area contributed by atoms with Crippen molar-refractivity contribution in [3.05, 3.63) is 42.2 Å². The van der Waals surface area contributed by atoms with E-state index in [2.05, 4.69) is 6.58 Å². The van der Waals surface area contributed by atoms with Crippen molar-refractivity contribution in [1.82, 2.24) is 0 Å². The van der Waals surface area contributed by atoms with Crippen LogP contribution in [-0.4, -0.2) is 0 Å². The highest BCUT2D eigenvalue weighted by Gasteiger charge is 2.12. The van der Waals surface area contributed by atoms with Gasteiger partial charge >= 0.3 is 0 Å². The standard InChI is InChI=1S/C10H13FN2/c1-2-4-8(12)10-7(11)5-3-6-9(10)13/h2-3,5-6,8H,1,4,12-13H2. The van der Waals surface area contributed by atoms with E-state index < -0.39 is 6.04 Å². The molecule has 2 nitrogen and oxygen atoms in total. The van der Waals surface area contributed by atoms with Gasteiger partial charge in [-0.3, -0.25) is 0 Å². The van der Waals surface area contributed by atoms with Gasteiger partial charge in [0.05, 0.1) is 0 Å². The number of rotatable bonds is 3. The summed E-state index contributed by atoms with van der Waals surface area (Å²) in [5, 5.41) is 0. The Morgan fingerprint density at radius 3 is 2.77 bits per heavy atom. The molecule has 0 saturated heterocycles. The van der Waals surface area contributed by atoms with Gasteiger partial charge in [0.2, 0.25) is 0 Å². The molecular weight excluding hydrogens is 167 g/mol. The molecule has 1 unspecified atom stereocenters. The van der Waals surface area contributed by atoms with Gasteiger partial charge in [-0.2, -0.15) is 0 Å². The van der Waals surface area contributed by atoms with Gasteiger partial charge in [0.1, 0.15) is 5.82 Å². The number of nitrogens with two attached hydrogens (primary N) is 2. The Morgan fingerprint density at radius 2 is 2.23 bits per heavy atom. The third-order valence-corrected chi connectivity index (χ3v) is 1.88. The van der Waals surface area contributed by atoms with Gasteiger partial charge in [-0.15, -0.1) is 6.58 Å². The van der Waals surface area contributed by atoms with E-state index in [0.29, 0.717) is 17.7 Å². The Bertz CT molecular complexity index is 290. The van der Waals surface area contributed by atoms with E-state index in [-0.39, 0.29) is 5.82 Å². The molecule has 0 aliphatic heterocycles. The van der Waals surface area contributed by atoms with Crippen LogP contribution in [0.3, 0.4) is 0 Å². The molecule has 1 aromatic carbocycles. The molecule has 0 radical (unpaired) electrons. The molecule has 3 heteroatoms. The zero-order chi connectivity index (χ0) is 9.84. The van der Waals surface area contributed by atoms with Gasteiger partial charge in [-0.25, -0.2) is 4.39 Å². The van der Waals surface area contributed by atoms with Crippen molar-refractivity contribution in [3.63, 3.8) is 0 Å². The normalized spacial score (nSPS) is 12.5. The highest BCUT2D eigenvalue weighted by atomic mass is 19.1. The molecule has 0 heterocycles. The van der Waals surface area contributed by atoms with E-state index in [9.17, 15) is 4.39 Å². The van der Waals surface area contributed by atoms with Gasteiger partial charge in [0.15, 0.2) is 0 Å². The first kappa shape index (κ1) is 9.74. The van der Waals surface area contributed by atoms with Crippen LogP contribution in [0.15, 0.2) is 30.9 Å². The molecule has 0 spiro atoms. The number of anilines is 1. The molecule has 0 aliphatic rings. The second-order valence-corrected chi connectivity index (χ2v) is 2.87. The fourth-order valence-electron chi connectivity index (χ4n) is 1.24. The number of hydrogen-bond donors (Lipinski definition) is 2. The molecule has 13 heavy (non-hydrogen) atoms. The number of benzene rings is 1. The average molecular weight is 180 g/mol. The molecule has 0 aromatic heterocycles. The van der Waals surface area contributed by atoms with Crippen LogP contribution in [0.25, 0.3) is 0 Å². The van der Waals surface area contributed by atoms with Crippen molar-refractivity contribution in [2.45, 2.75) is 12.5 Å². The third-order valence-electron chi connectivity index (χ3n) is 1.88. The summed E-state index contributed by atoms with van der Waals surface area (Å²) in [5.41, 5.74) is 12.1. The van der Waals surface area contributed by atoms with Crippen LogP contribution in [0.2, 0.25) is 0 Å². The summed E-state index contributed by atoms with van der Waals surface area (Å²) >= 11 is 0. The fraction of sp³-hybridized carbons (Fsp3) is 0.200. The van der Waals surface area contributed by atoms with Gasteiger partial charge < -0.3 is 11.5 Å². The molecule has 0 saturated carbocycles. The van der Waals surface area contributed by atoms with Crippen LogP contribution >= 0.6 is 0 Å². The second kappa shape index (κ2) is 4.05. The fourth-order valence-corrected chi connectivity index (χ4v) is 1.24. The number of hydrogen-bond acceptors (Lipinski definition) is 2. The number of nitrogen functional groups attached to an aromatic ring is 1. The van der Waals surface area contributed by atoms with E-state index in [4.69, 9.17) is 11.5 Å². The summed E-state index contributed by atoms with van der Waals surface area (Å²) in [5.74, 6) is -0.352. The molecule has 1 aromatic rings. The van der Waals surface area contributed by atoms with Crippen molar-refractivity contribution in [3.8, 4) is 0 Å². The van der Waals surface area contributed by atoms with E-state index in [1.165, 1.54) is 6.07 Å².